The highest BCUT2D eigenvalue weighted by Crippen LogP contribution is 2.24. The Bertz CT molecular complexity index is 795. The molecule has 1 aliphatic heterocycles. The van der Waals surface area contributed by atoms with E-state index in [-0.39, 0.29) is 29.7 Å². The first kappa shape index (κ1) is 18.9. The number of hydrogen-bond acceptors (Lipinski definition) is 4. The summed E-state index contributed by atoms with van der Waals surface area (Å²) in [5, 5.41) is 17.4. The van der Waals surface area contributed by atoms with Gasteiger partial charge in [-0.05, 0) is 36.6 Å². The van der Waals surface area contributed by atoms with E-state index in [2.05, 4.69) is 22.8 Å². The number of rotatable bonds is 4. The molecule has 6 nitrogen and oxygen atoms in total. The Morgan fingerprint density at radius 1 is 1.28 bits per heavy atom. The molecule has 2 aromatic carbocycles. The van der Waals surface area contributed by atoms with Crippen LogP contribution >= 0.6 is 12.4 Å². The average molecular weight is 362 g/mol. The van der Waals surface area contributed by atoms with Crippen molar-refractivity contribution in [2.24, 2.45) is 0 Å². The first-order valence-corrected chi connectivity index (χ1v) is 7.91. The topological polar surface area (TPSA) is 84.3 Å². The number of amides is 1. The lowest BCUT2D eigenvalue weighted by Gasteiger charge is -2.27. The van der Waals surface area contributed by atoms with Crippen molar-refractivity contribution >= 4 is 24.0 Å². The number of nitro groups is 1. The molecule has 0 spiro atoms. The molecule has 1 amide bonds. The summed E-state index contributed by atoms with van der Waals surface area (Å²) in [6, 6.07) is 12.8. The number of hydrogen-bond donors (Lipinski definition) is 2. The fourth-order valence-electron chi connectivity index (χ4n) is 3.16. The molecule has 0 aromatic heterocycles. The van der Waals surface area contributed by atoms with E-state index in [9.17, 15) is 14.9 Å². The van der Waals surface area contributed by atoms with Crippen LogP contribution in [0.2, 0.25) is 0 Å². The third-order valence-corrected chi connectivity index (χ3v) is 4.36. The highest BCUT2D eigenvalue weighted by atomic mass is 35.5. The lowest BCUT2D eigenvalue weighted by molar-refractivity contribution is -0.385. The fourth-order valence-corrected chi connectivity index (χ4v) is 3.16. The van der Waals surface area contributed by atoms with Crippen LogP contribution in [0.15, 0.2) is 42.5 Å². The van der Waals surface area contributed by atoms with Crippen LogP contribution < -0.4 is 10.6 Å². The zero-order chi connectivity index (χ0) is 17.1. The van der Waals surface area contributed by atoms with Crippen LogP contribution in [0.3, 0.4) is 0 Å². The summed E-state index contributed by atoms with van der Waals surface area (Å²) in [5.74, 6) is -0.412. The minimum absolute atomic E-state index is 0. The minimum atomic E-state index is -0.518. The third-order valence-electron chi connectivity index (χ3n) is 4.36. The second-order valence-electron chi connectivity index (χ2n) is 5.89. The quantitative estimate of drug-likeness (QED) is 0.647. The van der Waals surface area contributed by atoms with Crippen molar-refractivity contribution in [3.05, 3.63) is 74.8 Å². The first-order valence-electron chi connectivity index (χ1n) is 7.91. The number of carbonyl (C=O) groups excluding carboxylic acids is 1. The van der Waals surface area contributed by atoms with Crippen LogP contribution in [-0.4, -0.2) is 23.9 Å². The van der Waals surface area contributed by atoms with Crippen molar-refractivity contribution in [2.75, 3.05) is 13.1 Å². The average Bonchev–Trinajstić information content (AvgIpc) is 2.59. The highest BCUT2D eigenvalue weighted by Gasteiger charge is 2.24. The van der Waals surface area contributed by atoms with Crippen molar-refractivity contribution in [1.29, 1.82) is 0 Å². The molecule has 0 fully saturated rings. The molecular formula is C18H20ClN3O3. The van der Waals surface area contributed by atoms with E-state index < -0.39 is 10.8 Å². The number of fused-ring (bicyclic) bond motifs is 1. The van der Waals surface area contributed by atoms with Gasteiger partial charge in [-0.25, -0.2) is 0 Å². The highest BCUT2D eigenvalue weighted by molar-refractivity contribution is 5.99. The summed E-state index contributed by atoms with van der Waals surface area (Å²) < 4.78 is 0. The lowest BCUT2D eigenvalue weighted by Crippen LogP contribution is -2.39. The van der Waals surface area contributed by atoms with E-state index in [4.69, 9.17) is 0 Å². The SMILES string of the molecule is Cc1cccc([N+](=O)[O-])c1C(=O)NCC1NCCc2ccccc21.Cl. The smallest absolute Gasteiger partial charge is 0.282 e. The van der Waals surface area contributed by atoms with E-state index in [0.717, 1.165) is 13.0 Å². The van der Waals surface area contributed by atoms with E-state index in [1.165, 1.54) is 17.2 Å². The van der Waals surface area contributed by atoms with Crippen molar-refractivity contribution < 1.29 is 9.72 Å². The molecule has 132 valence electrons. The van der Waals surface area contributed by atoms with Crippen LogP contribution in [-0.2, 0) is 6.42 Å². The largest absolute Gasteiger partial charge is 0.350 e. The number of carbonyl (C=O) groups is 1. The van der Waals surface area contributed by atoms with E-state index in [1.54, 1.807) is 19.1 Å². The molecule has 7 heteroatoms. The van der Waals surface area contributed by atoms with Gasteiger partial charge in [0.05, 0.1) is 4.92 Å². The second-order valence-corrected chi connectivity index (χ2v) is 5.89. The van der Waals surface area contributed by atoms with Gasteiger partial charge in [0, 0.05) is 18.7 Å². The van der Waals surface area contributed by atoms with E-state index in [1.807, 2.05) is 12.1 Å². The summed E-state index contributed by atoms with van der Waals surface area (Å²) in [7, 11) is 0. The number of aryl methyl sites for hydroxylation is 1. The minimum Gasteiger partial charge on any atom is -0.350 e. The predicted octanol–water partition coefficient (Wildman–Crippen LogP) is 2.94. The van der Waals surface area contributed by atoms with Crippen LogP contribution in [0.5, 0.6) is 0 Å². The van der Waals surface area contributed by atoms with Crippen LogP contribution in [0.25, 0.3) is 0 Å². The normalized spacial score (nSPS) is 15.6. The zero-order valence-electron chi connectivity index (χ0n) is 13.8. The van der Waals surface area contributed by atoms with Gasteiger partial charge < -0.3 is 10.6 Å². The lowest BCUT2D eigenvalue weighted by atomic mass is 9.94. The predicted molar refractivity (Wildman–Crippen MR) is 98.3 cm³/mol. The molecule has 0 saturated carbocycles. The van der Waals surface area contributed by atoms with Gasteiger partial charge in [0.1, 0.15) is 5.56 Å². The molecule has 1 heterocycles. The molecule has 2 N–H and O–H groups in total. The van der Waals surface area contributed by atoms with E-state index >= 15 is 0 Å². The molecule has 0 saturated heterocycles. The van der Waals surface area contributed by atoms with Crippen LogP contribution in [0.4, 0.5) is 5.69 Å². The Balaban J connectivity index is 0.00000225. The van der Waals surface area contributed by atoms with Crippen molar-refractivity contribution in [2.45, 2.75) is 19.4 Å². The van der Waals surface area contributed by atoms with Crippen molar-refractivity contribution in [3.63, 3.8) is 0 Å². The third kappa shape index (κ3) is 3.97. The number of nitrogens with zero attached hydrogens (tertiary/aromatic N) is 1. The molecule has 25 heavy (non-hydrogen) atoms. The number of benzene rings is 2. The molecule has 0 radical (unpaired) electrons. The molecule has 1 aliphatic rings. The summed E-state index contributed by atoms with van der Waals surface area (Å²) in [6.07, 6.45) is 0.962. The molecule has 1 atom stereocenters. The Morgan fingerprint density at radius 3 is 2.80 bits per heavy atom. The zero-order valence-corrected chi connectivity index (χ0v) is 14.6. The summed E-state index contributed by atoms with van der Waals surface area (Å²) in [6.45, 7) is 2.94. The standard InChI is InChI=1S/C18H19N3O3.ClH/c1-12-5-4-8-16(21(23)24)17(12)18(22)20-11-15-14-7-3-2-6-13(14)9-10-19-15;/h2-8,15,19H,9-11H2,1H3,(H,20,22);1H. The molecule has 0 aliphatic carbocycles. The van der Waals surface area contributed by atoms with Gasteiger partial charge in [-0.1, -0.05) is 36.4 Å². The monoisotopic (exact) mass is 361 g/mol. The van der Waals surface area contributed by atoms with Gasteiger partial charge in [0.25, 0.3) is 11.6 Å². The second kappa shape index (κ2) is 8.09. The van der Waals surface area contributed by atoms with Crippen LogP contribution in [0, 0.1) is 17.0 Å². The van der Waals surface area contributed by atoms with Gasteiger partial charge in [-0.15, -0.1) is 12.4 Å². The van der Waals surface area contributed by atoms with E-state index in [0.29, 0.717) is 12.1 Å². The maximum absolute atomic E-state index is 12.5. The molecule has 2 aromatic rings. The van der Waals surface area contributed by atoms with Gasteiger partial charge in [-0.3, -0.25) is 14.9 Å². The van der Waals surface area contributed by atoms with Gasteiger partial charge in [-0.2, -0.15) is 0 Å². The van der Waals surface area contributed by atoms with Gasteiger partial charge >= 0.3 is 0 Å². The van der Waals surface area contributed by atoms with Crippen LogP contribution in [0.1, 0.15) is 33.1 Å². The van der Waals surface area contributed by atoms with Gasteiger partial charge in [0.2, 0.25) is 0 Å². The Hall–Kier alpha value is -2.44. The number of nitrogens with one attached hydrogen (secondary N) is 2. The maximum Gasteiger partial charge on any atom is 0.282 e. The molecular weight excluding hydrogens is 342 g/mol. The molecule has 3 rings (SSSR count). The first-order chi connectivity index (χ1) is 11.6. The van der Waals surface area contributed by atoms with Crippen molar-refractivity contribution in [3.8, 4) is 0 Å². The summed E-state index contributed by atoms with van der Waals surface area (Å²) in [4.78, 5) is 23.1. The number of nitro benzene ring substituents is 1. The Kier molecular flexibility index (Phi) is 6.12. The summed E-state index contributed by atoms with van der Waals surface area (Å²) in [5.41, 5.74) is 3.01. The maximum atomic E-state index is 12.5. The number of halogens is 1. The Labute approximate surface area is 152 Å². The van der Waals surface area contributed by atoms with Gasteiger partial charge in [0.15, 0.2) is 0 Å². The molecule has 0 bridgehead atoms. The van der Waals surface area contributed by atoms with Crippen molar-refractivity contribution in [1.82, 2.24) is 10.6 Å². The molecule has 1 unspecified atom stereocenters. The Morgan fingerprint density at radius 2 is 2.04 bits per heavy atom. The summed E-state index contributed by atoms with van der Waals surface area (Å²) >= 11 is 0. The fraction of sp³-hybridized carbons (Fsp3) is 0.278.